The molecule has 1 aliphatic heterocycles. The van der Waals surface area contributed by atoms with Gasteiger partial charge in [-0.15, -0.1) is 11.6 Å². The summed E-state index contributed by atoms with van der Waals surface area (Å²) >= 11 is 5.77. The Morgan fingerprint density at radius 3 is 2.79 bits per heavy atom. The van der Waals surface area contributed by atoms with Crippen molar-refractivity contribution in [2.45, 2.75) is 25.5 Å². The van der Waals surface area contributed by atoms with Gasteiger partial charge in [0.25, 0.3) is 0 Å². The topological polar surface area (TPSA) is 29.5 Å². The minimum Gasteiger partial charge on any atom is -0.373 e. The zero-order chi connectivity index (χ0) is 13.8. The molecule has 2 atom stereocenters. The van der Waals surface area contributed by atoms with Crippen LogP contribution in [0.25, 0.3) is 0 Å². The van der Waals surface area contributed by atoms with E-state index in [9.17, 15) is 9.18 Å². The summed E-state index contributed by atoms with van der Waals surface area (Å²) in [5.41, 5.74) is 0.813. The lowest BCUT2D eigenvalue weighted by Gasteiger charge is -2.37. The van der Waals surface area contributed by atoms with Crippen LogP contribution in [0.4, 0.5) is 4.39 Å². The number of benzene rings is 1. The standard InChI is InChI=1S/C14H17ClFNO2/c1-10-9-19-13(7-15)8-17(10)14(18)6-11-2-4-12(16)5-3-11/h2-5,10,13H,6-9H2,1H3. The lowest BCUT2D eigenvalue weighted by molar-refractivity contribution is -0.142. The van der Waals surface area contributed by atoms with Gasteiger partial charge in [0.2, 0.25) is 5.91 Å². The predicted octanol–water partition coefficient (Wildman–Crippen LogP) is 2.22. The average molecular weight is 286 g/mol. The third kappa shape index (κ3) is 3.67. The van der Waals surface area contributed by atoms with Gasteiger partial charge in [-0.25, -0.2) is 4.39 Å². The van der Waals surface area contributed by atoms with Gasteiger partial charge in [-0.05, 0) is 24.6 Å². The second-order valence-corrected chi connectivity index (χ2v) is 5.12. The van der Waals surface area contributed by atoms with Crippen molar-refractivity contribution in [2.24, 2.45) is 0 Å². The van der Waals surface area contributed by atoms with E-state index >= 15 is 0 Å². The van der Waals surface area contributed by atoms with Gasteiger partial charge in [0.15, 0.2) is 0 Å². The first-order valence-corrected chi connectivity index (χ1v) is 6.85. The van der Waals surface area contributed by atoms with Crippen molar-refractivity contribution in [1.29, 1.82) is 0 Å². The van der Waals surface area contributed by atoms with Crippen molar-refractivity contribution in [3.8, 4) is 0 Å². The Balaban J connectivity index is 2.00. The van der Waals surface area contributed by atoms with Crippen LogP contribution in [0.1, 0.15) is 12.5 Å². The summed E-state index contributed by atoms with van der Waals surface area (Å²) in [6.45, 7) is 2.98. The molecule has 1 aliphatic rings. The Morgan fingerprint density at radius 2 is 2.16 bits per heavy atom. The fourth-order valence-electron chi connectivity index (χ4n) is 2.14. The van der Waals surface area contributed by atoms with Crippen molar-refractivity contribution >= 4 is 17.5 Å². The number of amides is 1. The van der Waals surface area contributed by atoms with Crippen LogP contribution in [0.2, 0.25) is 0 Å². The molecule has 0 N–H and O–H groups in total. The molecule has 2 rings (SSSR count). The number of carbonyl (C=O) groups excluding carboxylic acids is 1. The number of hydrogen-bond acceptors (Lipinski definition) is 2. The summed E-state index contributed by atoms with van der Waals surface area (Å²) in [5.74, 6) is 0.114. The minimum atomic E-state index is -0.293. The number of rotatable bonds is 3. The molecule has 19 heavy (non-hydrogen) atoms. The molecule has 0 bridgehead atoms. The van der Waals surface area contributed by atoms with E-state index in [1.165, 1.54) is 12.1 Å². The van der Waals surface area contributed by atoms with Gasteiger partial charge < -0.3 is 9.64 Å². The first-order chi connectivity index (χ1) is 9.10. The summed E-state index contributed by atoms with van der Waals surface area (Å²) in [5, 5.41) is 0. The highest BCUT2D eigenvalue weighted by atomic mass is 35.5. The first-order valence-electron chi connectivity index (χ1n) is 6.31. The van der Waals surface area contributed by atoms with Crippen LogP contribution in [0.15, 0.2) is 24.3 Å². The molecule has 0 saturated carbocycles. The van der Waals surface area contributed by atoms with Crippen molar-refractivity contribution in [3.63, 3.8) is 0 Å². The van der Waals surface area contributed by atoms with E-state index in [0.717, 1.165) is 5.56 Å². The largest absolute Gasteiger partial charge is 0.373 e. The van der Waals surface area contributed by atoms with E-state index in [-0.39, 0.29) is 30.3 Å². The number of halogens is 2. The molecule has 3 nitrogen and oxygen atoms in total. The Labute approximate surface area is 117 Å². The van der Waals surface area contributed by atoms with Crippen LogP contribution in [-0.4, -0.2) is 42.0 Å². The van der Waals surface area contributed by atoms with Gasteiger partial charge >= 0.3 is 0 Å². The second-order valence-electron chi connectivity index (χ2n) is 4.81. The Hall–Kier alpha value is -1.13. The normalized spacial score (nSPS) is 23.4. The number of carbonyl (C=O) groups is 1. The Morgan fingerprint density at radius 1 is 1.47 bits per heavy atom. The number of ether oxygens (including phenoxy) is 1. The van der Waals surface area contributed by atoms with E-state index in [1.807, 2.05) is 6.92 Å². The van der Waals surface area contributed by atoms with Gasteiger partial charge in [0.05, 0.1) is 31.1 Å². The number of morpholine rings is 1. The van der Waals surface area contributed by atoms with E-state index < -0.39 is 0 Å². The zero-order valence-electron chi connectivity index (χ0n) is 10.8. The third-order valence-corrected chi connectivity index (χ3v) is 3.61. The van der Waals surface area contributed by atoms with E-state index in [1.54, 1.807) is 17.0 Å². The highest BCUT2D eigenvalue weighted by Crippen LogP contribution is 2.15. The van der Waals surface area contributed by atoms with Crippen LogP contribution in [-0.2, 0) is 16.0 Å². The average Bonchev–Trinajstić information content (AvgIpc) is 2.42. The molecule has 1 saturated heterocycles. The molecule has 1 aromatic rings. The highest BCUT2D eigenvalue weighted by molar-refractivity contribution is 6.18. The van der Waals surface area contributed by atoms with Gasteiger partial charge in [-0.2, -0.15) is 0 Å². The smallest absolute Gasteiger partial charge is 0.227 e. The van der Waals surface area contributed by atoms with Crippen LogP contribution < -0.4 is 0 Å². The van der Waals surface area contributed by atoms with Crippen LogP contribution in [0, 0.1) is 5.82 Å². The third-order valence-electron chi connectivity index (χ3n) is 3.27. The van der Waals surface area contributed by atoms with Gasteiger partial charge in [-0.3, -0.25) is 4.79 Å². The van der Waals surface area contributed by atoms with E-state index in [2.05, 4.69) is 0 Å². The molecule has 2 unspecified atom stereocenters. The van der Waals surface area contributed by atoms with Crippen molar-refractivity contribution in [3.05, 3.63) is 35.6 Å². The molecule has 0 aliphatic carbocycles. The molecular weight excluding hydrogens is 269 g/mol. The molecule has 1 aromatic carbocycles. The fourth-order valence-corrected chi connectivity index (χ4v) is 2.32. The second kappa shape index (κ2) is 6.35. The van der Waals surface area contributed by atoms with Gasteiger partial charge in [-0.1, -0.05) is 12.1 Å². The van der Waals surface area contributed by atoms with Crippen LogP contribution >= 0.6 is 11.6 Å². The molecule has 5 heteroatoms. The van der Waals surface area contributed by atoms with Gasteiger partial charge in [0, 0.05) is 6.54 Å². The summed E-state index contributed by atoms with van der Waals surface area (Å²) in [6, 6.07) is 6.06. The first kappa shape index (κ1) is 14.3. The summed E-state index contributed by atoms with van der Waals surface area (Å²) in [4.78, 5) is 14.0. The molecule has 1 fully saturated rings. The number of nitrogens with zero attached hydrogens (tertiary/aromatic N) is 1. The van der Waals surface area contributed by atoms with Crippen molar-refractivity contribution < 1.29 is 13.9 Å². The maximum Gasteiger partial charge on any atom is 0.227 e. The SMILES string of the molecule is CC1COC(CCl)CN1C(=O)Cc1ccc(F)cc1. The quantitative estimate of drug-likeness (QED) is 0.797. The maximum absolute atomic E-state index is 12.8. The maximum atomic E-state index is 12.8. The molecule has 104 valence electrons. The molecule has 0 aromatic heterocycles. The van der Waals surface area contributed by atoms with Crippen LogP contribution in [0.5, 0.6) is 0 Å². The van der Waals surface area contributed by atoms with Gasteiger partial charge in [0.1, 0.15) is 5.82 Å². The van der Waals surface area contributed by atoms with E-state index in [0.29, 0.717) is 19.0 Å². The summed E-state index contributed by atoms with van der Waals surface area (Å²) in [6.07, 6.45) is 0.176. The number of alkyl halides is 1. The monoisotopic (exact) mass is 285 g/mol. The fraction of sp³-hybridized carbons (Fsp3) is 0.500. The number of hydrogen-bond donors (Lipinski definition) is 0. The van der Waals surface area contributed by atoms with Crippen molar-refractivity contribution in [2.75, 3.05) is 19.0 Å². The Kier molecular flexibility index (Phi) is 4.77. The Bertz CT molecular complexity index is 438. The van der Waals surface area contributed by atoms with Crippen LogP contribution in [0.3, 0.4) is 0 Å². The summed E-state index contributed by atoms with van der Waals surface area (Å²) < 4.78 is 18.3. The summed E-state index contributed by atoms with van der Waals surface area (Å²) in [7, 11) is 0. The van der Waals surface area contributed by atoms with E-state index in [4.69, 9.17) is 16.3 Å². The highest BCUT2D eigenvalue weighted by Gasteiger charge is 2.28. The predicted molar refractivity (Wildman–Crippen MR) is 71.7 cm³/mol. The molecule has 1 amide bonds. The molecule has 0 spiro atoms. The lowest BCUT2D eigenvalue weighted by Crippen LogP contribution is -2.52. The zero-order valence-corrected chi connectivity index (χ0v) is 11.6. The lowest BCUT2D eigenvalue weighted by atomic mass is 10.1. The molecule has 0 radical (unpaired) electrons. The molecule has 1 heterocycles. The van der Waals surface area contributed by atoms with Crippen molar-refractivity contribution in [1.82, 2.24) is 4.90 Å². The molecular formula is C14H17ClFNO2. The minimum absolute atomic E-state index is 0.0255.